The Kier molecular flexibility index (Phi) is 7.58. The van der Waals surface area contributed by atoms with Crippen molar-refractivity contribution in [3.63, 3.8) is 0 Å². The molecule has 2 aromatic rings. The van der Waals surface area contributed by atoms with E-state index in [2.05, 4.69) is 26.1 Å². The fourth-order valence-corrected chi connectivity index (χ4v) is 8.51. The minimum Gasteiger partial charge on any atom is -0.393 e. The van der Waals surface area contributed by atoms with Crippen LogP contribution in [-0.2, 0) is 15.0 Å². The minimum absolute atomic E-state index is 0.0626. The van der Waals surface area contributed by atoms with Crippen LogP contribution in [0.2, 0.25) is 10.0 Å². The van der Waals surface area contributed by atoms with Crippen molar-refractivity contribution >= 4 is 45.9 Å². The molecule has 37 heavy (non-hydrogen) atoms. The highest BCUT2D eigenvalue weighted by Crippen LogP contribution is 2.60. The smallest absolute Gasteiger partial charge is 0.206 e. The Labute approximate surface area is 233 Å². The lowest BCUT2D eigenvalue weighted by atomic mass is 9.62. The van der Waals surface area contributed by atoms with E-state index in [1.807, 2.05) is 42.5 Å². The van der Waals surface area contributed by atoms with Gasteiger partial charge in [0.1, 0.15) is 0 Å². The number of thioether (sulfide) groups is 1. The van der Waals surface area contributed by atoms with Crippen LogP contribution in [0.25, 0.3) is 0 Å². The third-order valence-electron chi connectivity index (χ3n) is 8.36. The summed E-state index contributed by atoms with van der Waals surface area (Å²) >= 11 is 14.1. The van der Waals surface area contributed by atoms with E-state index < -0.39 is 11.5 Å². The van der Waals surface area contributed by atoms with Crippen LogP contribution in [0.5, 0.6) is 0 Å². The molecule has 0 radical (unpaired) electrons. The summed E-state index contributed by atoms with van der Waals surface area (Å²) in [6.45, 7) is 6.53. The molecule has 0 unspecified atom stereocenters. The molecule has 0 amide bonds. The van der Waals surface area contributed by atoms with Crippen molar-refractivity contribution in [2.75, 3.05) is 0 Å². The zero-order valence-corrected chi connectivity index (χ0v) is 23.9. The third-order valence-corrected chi connectivity index (χ3v) is 9.91. The highest BCUT2D eigenvalue weighted by Gasteiger charge is 2.65. The summed E-state index contributed by atoms with van der Waals surface area (Å²) in [5, 5.41) is 14.9. The summed E-state index contributed by atoms with van der Waals surface area (Å²) < 4.78 is 0. The predicted molar refractivity (Wildman–Crippen MR) is 151 cm³/mol. The second kappa shape index (κ2) is 10.3. The molecule has 1 saturated heterocycles. The number of nitrogens with one attached hydrogen (secondary N) is 1. The maximum absolute atomic E-state index is 14.2. The van der Waals surface area contributed by atoms with Crippen LogP contribution in [0.4, 0.5) is 0 Å². The molecule has 2 fully saturated rings. The Morgan fingerprint density at radius 2 is 1.78 bits per heavy atom. The Balaban J connectivity index is 1.64. The number of hydrogen-bond donors (Lipinski definition) is 2. The highest BCUT2D eigenvalue weighted by molar-refractivity contribution is 8.14. The predicted octanol–water partition coefficient (Wildman–Crippen LogP) is 6.93. The average Bonchev–Trinajstić information content (AvgIpc) is 3.29. The van der Waals surface area contributed by atoms with Crippen molar-refractivity contribution in [2.24, 2.45) is 11.3 Å². The van der Waals surface area contributed by atoms with Gasteiger partial charge in [-0.05, 0) is 78.8 Å². The molecule has 2 aliphatic heterocycles. The van der Waals surface area contributed by atoms with E-state index in [9.17, 15) is 14.7 Å². The lowest BCUT2D eigenvalue weighted by Crippen LogP contribution is -2.47. The summed E-state index contributed by atoms with van der Waals surface area (Å²) in [5.74, 6) is 0.0140. The fraction of sp³-hybridized carbons (Fsp3) is 0.533. The van der Waals surface area contributed by atoms with Gasteiger partial charge < -0.3 is 10.4 Å². The summed E-state index contributed by atoms with van der Waals surface area (Å²) in [7, 11) is 0. The Morgan fingerprint density at radius 3 is 2.46 bits per heavy atom. The van der Waals surface area contributed by atoms with Gasteiger partial charge in [0, 0.05) is 33.3 Å². The summed E-state index contributed by atoms with van der Waals surface area (Å²) in [6, 6.07) is 12.6. The van der Waals surface area contributed by atoms with Crippen molar-refractivity contribution in [1.82, 2.24) is 5.32 Å². The molecule has 5 rings (SSSR count). The maximum atomic E-state index is 14.2. The first-order valence-corrected chi connectivity index (χ1v) is 14.8. The number of benzene rings is 2. The van der Waals surface area contributed by atoms with E-state index in [0.717, 1.165) is 48.1 Å². The number of fused-ring (bicyclic) bond motifs is 2. The summed E-state index contributed by atoms with van der Waals surface area (Å²) in [6.07, 6.45) is 4.13. The van der Waals surface area contributed by atoms with Gasteiger partial charge in [0.2, 0.25) is 5.12 Å². The molecule has 2 aromatic carbocycles. The Morgan fingerprint density at radius 1 is 1.08 bits per heavy atom. The van der Waals surface area contributed by atoms with Crippen LogP contribution in [0, 0.1) is 11.3 Å². The molecule has 1 aliphatic carbocycles. The SMILES string of the molecule is CC(C)(C)C[C@H]1N[C@@H](C(=O)CC2CCC(O)CC2)[C@H](c2cccc(Cl)c2)[C@@]12C(=O)Sc1cc(Cl)ccc12. The lowest BCUT2D eigenvalue weighted by molar-refractivity contribution is -0.122. The monoisotopic (exact) mass is 559 g/mol. The number of aliphatic hydroxyl groups is 1. The number of carbonyl (C=O) groups is 2. The molecule has 4 nitrogen and oxygen atoms in total. The quantitative estimate of drug-likeness (QED) is 0.415. The number of hydrogen-bond acceptors (Lipinski definition) is 5. The fourth-order valence-electron chi connectivity index (χ4n) is 6.79. The van der Waals surface area contributed by atoms with E-state index >= 15 is 0 Å². The molecule has 0 bridgehead atoms. The standard InChI is InChI=1S/C30H35Cl2NO3S/c1-29(2,3)16-25-30(22-12-9-20(32)15-24(22)37-28(30)36)26(18-5-4-6-19(31)14-18)27(33-25)23(35)13-17-7-10-21(34)11-8-17/h4-6,9,12,14-15,17,21,25-27,33-34H,7-8,10-11,13,16H2,1-3H3/t17?,21?,25-,26+,27+,30+/m1/s1. The van der Waals surface area contributed by atoms with Crippen molar-refractivity contribution in [2.45, 2.75) is 93.7 Å². The summed E-state index contributed by atoms with van der Waals surface area (Å²) in [5.41, 5.74) is 0.882. The molecule has 1 spiro atoms. The molecular weight excluding hydrogens is 525 g/mol. The van der Waals surface area contributed by atoms with E-state index in [4.69, 9.17) is 23.2 Å². The maximum Gasteiger partial charge on any atom is 0.206 e. The van der Waals surface area contributed by atoms with Gasteiger partial charge in [0.05, 0.1) is 17.6 Å². The zero-order valence-electron chi connectivity index (χ0n) is 21.6. The first-order valence-electron chi connectivity index (χ1n) is 13.2. The van der Waals surface area contributed by atoms with E-state index in [1.165, 1.54) is 11.8 Å². The molecule has 2 heterocycles. The number of ketones is 1. The first kappa shape index (κ1) is 27.2. The van der Waals surface area contributed by atoms with Gasteiger partial charge >= 0.3 is 0 Å². The van der Waals surface area contributed by atoms with Crippen LogP contribution in [0.3, 0.4) is 0 Å². The summed E-state index contributed by atoms with van der Waals surface area (Å²) in [4.78, 5) is 29.2. The molecule has 1 saturated carbocycles. The second-order valence-electron chi connectivity index (χ2n) is 12.2. The largest absolute Gasteiger partial charge is 0.393 e. The van der Waals surface area contributed by atoms with Gasteiger partial charge in [0.15, 0.2) is 5.78 Å². The van der Waals surface area contributed by atoms with Crippen LogP contribution >= 0.6 is 35.0 Å². The molecule has 198 valence electrons. The minimum atomic E-state index is -0.911. The first-order chi connectivity index (χ1) is 17.5. The van der Waals surface area contributed by atoms with Crippen molar-refractivity contribution < 1.29 is 14.7 Å². The number of carbonyl (C=O) groups excluding carboxylic acids is 2. The molecule has 4 atom stereocenters. The van der Waals surface area contributed by atoms with Crippen LogP contribution in [0.15, 0.2) is 47.4 Å². The van der Waals surface area contributed by atoms with Gasteiger partial charge in [-0.1, -0.05) is 73.9 Å². The number of aliphatic hydroxyl groups excluding tert-OH is 1. The molecule has 2 N–H and O–H groups in total. The van der Waals surface area contributed by atoms with Crippen molar-refractivity contribution in [3.8, 4) is 0 Å². The molecule has 0 aromatic heterocycles. The molecule has 3 aliphatic rings. The lowest BCUT2D eigenvalue weighted by Gasteiger charge is -2.38. The second-order valence-corrected chi connectivity index (χ2v) is 14.1. The van der Waals surface area contributed by atoms with Crippen molar-refractivity contribution in [1.29, 1.82) is 0 Å². The van der Waals surface area contributed by atoms with Crippen LogP contribution in [0.1, 0.15) is 76.3 Å². The number of halogens is 2. The van der Waals surface area contributed by atoms with Crippen LogP contribution in [-0.4, -0.2) is 34.2 Å². The Bertz CT molecular complexity index is 1200. The normalized spacial score (nSPS) is 31.6. The average molecular weight is 561 g/mol. The third kappa shape index (κ3) is 5.15. The zero-order chi connectivity index (χ0) is 26.5. The van der Waals surface area contributed by atoms with Crippen LogP contribution < -0.4 is 5.32 Å². The molecular formula is C30H35Cl2NO3S. The van der Waals surface area contributed by atoms with Crippen molar-refractivity contribution in [3.05, 3.63) is 63.6 Å². The highest BCUT2D eigenvalue weighted by atomic mass is 35.5. The van der Waals surface area contributed by atoms with E-state index in [0.29, 0.717) is 16.5 Å². The van der Waals surface area contributed by atoms with Gasteiger partial charge in [-0.25, -0.2) is 0 Å². The van der Waals surface area contributed by atoms with E-state index in [-0.39, 0.29) is 40.3 Å². The topological polar surface area (TPSA) is 66.4 Å². The van der Waals surface area contributed by atoms with E-state index in [1.54, 1.807) is 0 Å². The Hall–Kier alpha value is -1.37. The number of Topliss-reactive ketones (excluding diaryl/α,β-unsaturated/α-hetero) is 1. The number of rotatable bonds is 5. The van der Waals surface area contributed by atoms with Gasteiger partial charge in [0.25, 0.3) is 0 Å². The van der Waals surface area contributed by atoms with Gasteiger partial charge in [-0.15, -0.1) is 0 Å². The van der Waals surface area contributed by atoms with Gasteiger partial charge in [-0.2, -0.15) is 0 Å². The van der Waals surface area contributed by atoms with Gasteiger partial charge in [-0.3, -0.25) is 9.59 Å². The molecule has 7 heteroatoms.